The van der Waals surface area contributed by atoms with Gasteiger partial charge in [-0.25, -0.2) is 9.97 Å². The molecule has 0 fully saturated rings. The van der Waals surface area contributed by atoms with Crippen molar-refractivity contribution in [1.29, 1.82) is 0 Å². The van der Waals surface area contributed by atoms with Crippen LogP contribution in [0.5, 0.6) is 23.0 Å². The van der Waals surface area contributed by atoms with Crippen molar-refractivity contribution in [3.8, 4) is 68.0 Å². The van der Waals surface area contributed by atoms with Crippen LogP contribution in [0.1, 0.15) is 22.3 Å². The molecule has 1 aliphatic heterocycles. The third kappa shape index (κ3) is 4.92. The van der Waals surface area contributed by atoms with Crippen molar-refractivity contribution < 1.29 is 9.47 Å². The zero-order valence-corrected chi connectivity index (χ0v) is 29.7. The zero-order valence-electron chi connectivity index (χ0n) is 29.7. The van der Waals surface area contributed by atoms with E-state index in [2.05, 4.69) is 158 Å². The summed E-state index contributed by atoms with van der Waals surface area (Å²) >= 11 is 0. The third-order valence-electron chi connectivity index (χ3n) is 11.0. The average molecular weight is 705 g/mol. The summed E-state index contributed by atoms with van der Waals surface area (Å²) in [4.78, 5) is 10.2. The minimum atomic E-state index is -0.527. The van der Waals surface area contributed by atoms with E-state index in [-0.39, 0.29) is 0 Å². The largest absolute Gasteiger partial charge is 0.449 e. The monoisotopic (exact) mass is 704 g/mol. The second kappa shape index (κ2) is 12.4. The summed E-state index contributed by atoms with van der Waals surface area (Å²) in [6, 6.07) is 67.7. The van der Waals surface area contributed by atoms with Gasteiger partial charge in [-0.05, 0) is 75.0 Å². The molecule has 0 radical (unpaired) electrons. The Hall–Kier alpha value is -7.30. The van der Waals surface area contributed by atoms with E-state index in [4.69, 9.17) is 19.4 Å². The van der Waals surface area contributed by atoms with Crippen LogP contribution in [0.4, 0.5) is 0 Å². The van der Waals surface area contributed by atoms with Crippen molar-refractivity contribution in [1.82, 2.24) is 9.97 Å². The molecule has 258 valence electrons. The summed E-state index contributed by atoms with van der Waals surface area (Å²) in [6.45, 7) is 0. The van der Waals surface area contributed by atoms with Gasteiger partial charge in [-0.1, -0.05) is 158 Å². The standard InChI is InChI=1S/C51H32N2O2/c1-4-15-34(16-5-1)43-32-44(36-25-24-33-14-10-11-17-35(33)30-36)53-50(52-43)37-26-28-45-47(31-37)54-46-29-27-42-48(49(46)55-45)40-22-12-13-23-41(40)51(42,38-18-6-2-7-19-38)39-20-8-3-9-21-39/h1-32H. The molecule has 2 heterocycles. The second-order valence-corrected chi connectivity index (χ2v) is 14.1. The summed E-state index contributed by atoms with van der Waals surface area (Å²) in [6.07, 6.45) is 0. The first-order valence-electron chi connectivity index (χ1n) is 18.6. The van der Waals surface area contributed by atoms with Crippen molar-refractivity contribution in [3.63, 3.8) is 0 Å². The fraction of sp³-hybridized carbons (Fsp3) is 0.0196. The van der Waals surface area contributed by atoms with Crippen molar-refractivity contribution in [2.45, 2.75) is 5.41 Å². The van der Waals surface area contributed by atoms with Gasteiger partial charge in [0.25, 0.3) is 0 Å². The first-order chi connectivity index (χ1) is 27.2. The van der Waals surface area contributed by atoms with Crippen LogP contribution in [0.3, 0.4) is 0 Å². The Labute approximate surface area is 319 Å². The van der Waals surface area contributed by atoms with E-state index >= 15 is 0 Å². The van der Waals surface area contributed by atoms with E-state index in [1.54, 1.807) is 0 Å². The second-order valence-electron chi connectivity index (χ2n) is 14.1. The van der Waals surface area contributed by atoms with E-state index < -0.39 is 5.41 Å². The molecule has 1 aliphatic carbocycles. The van der Waals surface area contributed by atoms with Crippen LogP contribution in [-0.2, 0) is 5.41 Å². The van der Waals surface area contributed by atoms with Crippen molar-refractivity contribution in [2.24, 2.45) is 0 Å². The fourth-order valence-corrected chi connectivity index (χ4v) is 8.53. The molecule has 1 aromatic heterocycles. The molecule has 11 rings (SSSR count). The molecular weight excluding hydrogens is 673 g/mol. The summed E-state index contributed by atoms with van der Waals surface area (Å²) in [5.41, 5.74) is 11.0. The number of ether oxygens (including phenoxy) is 2. The maximum absolute atomic E-state index is 6.89. The van der Waals surface area contributed by atoms with Crippen LogP contribution < -0.4 is 9.47 Å². The molecule has 0 atom stereocenters. The van der Waals surface area contributed by atoms with Crippen LogP contribution in [0, 0.1) is 0 Å². The molecule has 4 heteroatoms. The van der Waals surface area contributed by atoms with Gasteiger partial charge in [-0.15, -0.1) is 0 Å². The molecule has 55 heavy (non-hydrogen) atoms. The van der Waals surface area contributed by atoms with Gasteiger partial charge in [0.2, 0.25) is 0 Å². The highest BCUT2D eigenvalue weighted by Crippen LogP contribution is 2.62. The SMILES string of the molecule is c1ccc(-c2cc(-c3ccc4ccccc4c3)nc(-c3ccc4c(c3)Oc3ccc5c(c3O4)-c3ccccc3C5(c3ccccc3)c3ccccc3)n2)cc1. The van der Waals surface area contributed by atoms with Gasteiger partial charge in [-0.2, -0.15) is 0 Å². The summed E-state index contributed by atoms with van der Waals surface area (Å²) in [5.74, 6) is 3.27. The van der Waals surface area contributed by atoms with E-state index in [0.29, 0.717) is 23.1 Å². The number of benzene rings is 8. The number of rotatable bonds is 5. The summed E-state index contributed by atoms with van der Waals surface area (Å²) in [7, 11) is 0. The maximum Gasteiger partial charge on any atom is 0.178 e. The van der Waals surface area contributed by atoms with E-state index in [9.17, 15) is 0 Å². The Morgan fingerprint density at radius 1 is 0.382 bits per heavy atom. The minimum Gasteiger partial charge on any atom is -0.449 e. The molecule has 8 aromatic carbocycles. The van der Waals surface area contributed by atoms with E-state index in [0.717, 1.165) is 45.0 Å². The smallest absolute Gasteiger partial charge is 0.178 e. The van der Waals surface area contributed by atoms with Gasteiger partial charge in [0.05, 0.1) is 16.8 Å². The van der Waals surface area contributed by atoms with Crippen LogP contribution in [0.25, 0.3) is 55.8 Å². The lowest BCUT2D eigenvalue weighted by Crippen LogP contribution is -2.28. The van der Waals surface area contributed by atoms with Gasteiger partial charge in [-0.3, -0.25) is 0 Å². The molecule has 0 amide bonds. The molecule has 0 saturated carbocycles. The fourth-order valence-electron chi connectivity index (χ4n) is 8.53. The van der Waals surface area contributed by atoms with Gasteiger partial charge in [0, 0.05) is 22.3 Å². The molecule has 2 aliphatic rings. The number of hydrogen-bond acceptors (Lipinski definition) is 4. The number of fused-ring (bicyclic) bond motifs is 7. The minimum absolute atomic E-state index is 0.527. The molecule has 0 bridgehead atoms. The molecular formula is C51H32N2O2. The molecule has 4 nitrogen and oxygen atoms in total. The lowest BCUT2D eigenvalue weighted by molar-refractivity contribution is 0.360. The van der Waals surface area contributed by atoms with Gasteiger partial charge in [0.15, 0.2) is 28.8 Å². The number of aromatic nitrogens is 2. The topological polar surface area (TPSA) is 44.2 Å². The molecule has 0 unspecified atom stereocenters. The first-order valence-corrected chi connectivity index (χ1v) is 18.6. The Morgan fingerprint density at radius 2 is 1.00 bits per heavy atom. The average Bonchev–Trinajstić information content (AvgIpc) is 3.57. The van der Waals surface area contributed by atoms with Crippen molar-refractivity contribution in [2.75, 3.05) is 0 Å². The normalized spacial score (nSPS) is 13.2. The van der Waals surface area contributed by atoms with Crippen LogP contribution in [0.2, 0.25) is 0 Å². The molecule has 0 N–H and O–H groups in total. The van der Waals surface area contributed by atoms with Gasteiger partial charge in [0.1, 0.15) is 0 Å². The van der Waals surface area contributed by atoms with Crippen molar-refractivity contribution >= 4 is 10.8 Å². The zero-order chi connectivity index (χ0) is 36.3. The molecule has 0 saturated heterocycles. The predicted octanol–water partition coefficient (Wildman–Crippen LogP) is 12.9. The lowest BCUT2D eigenvalue weighted by atomic mass is 9.68. The Balaban J connectivity index is 1.04. The highest BCUT2D eigenvalue weighted by molar-refractivity contribution is 5.92. The lowest BCUT2D eigenvalue weighted by Gasteiger charge is -2.34. The summed E-state index contributed by atoms with van der Waals surface area (Å²) < 4.78 is 13.7. The Kier molecular flexibility index (Phi) is 7.04. The predicted molar refractivity (Wildman–Crippen MR) is 220 cm³/mol. The highest BCUT2D eigenvalue weighted by atomic mass is 16.6. The van der Waals surface area contributed by atoms with E-state index in [1.165, 1.54) is 33.0 Å². The molecule has 0 spiro atoms. The quantitative estimate of drug-likeness (QED) is 0.179. The van der Waals surface area contributed by atoms with E-state index in [1.807, 2.05) is 36.4 Å². The maximum atomic E-state index is 6.89. The van der Waals surface area contributed by atoms with Gasteiger partial charge >= 0.3 is 0 Å². The summed E-state index contributed by atoms with van der Waals surface area (Å²) in [5, 5.41) is 2.36. The number of hydrogen-bond donors (Lipinski definition) is 0. The van der Waals surface area contributed by atoms with Crippen LogP contribution in [-0.4, -0.2) is 9.97 Å². The number of nitrogens with zero attached hydrogens (tertiary/aromatic N) is 2. The highest BCUT2D eigenvalue weighted by Gasteiger charge is 2.48. The first kappa shape index (κ1) is 31.2. The van der Waals surface area contributed by atoms with Crippen LogP contribution >= 0.6 is 0 Å². The Bertz CT molecular complexity index is 2880. The van der Waals surface area contributed by atoms with Crippen molar-refractivity contribution in [3.05, 3.63) is 216 Å². The van der Waals surface area contributed by atoms with Crippen LogP contribution in [0.15, 0.2) is 194 Å². The molecule has 9 aromatic rings. The third-order valence-corrected chi connectivity index (χ3v) is 11.0. The van der Waals surface area contributed by atoms with Gasteiger partial charge < -0.3 is 9.47 Å². The Morgan fingerprint density at radius 3 is 1.76 bits per heavy atom.